The van der Waals surface area contributed by atoms with Crippen LogP contribution in [-0.4, -0.2) is 100 Å². The molecule has 0 aromatic heterocycles. The van der Waals surface area contributed by atoms with Crippen LogP contribution in [-0.2, 0) is 23.9 Å². The molecule has 0 aromatic carbocycles. The van der Waals surface area contributed by atoms with Crippen LogP contribution < -0.4 is 5.32 Å². The highest BCUT2D eigenvalue weighted by Crippen LogP contribution is 2.54. The van der Waals surface area contributed by atoms with Gasteiger partial charge in [0, 0.05) is 40.8 Å². The largest absolute Gasteiger partial charge is 0.510 e. The summed E-state index contributed by atoms with van der Waals surface area (Å²) >= 11 is 0. The van der Waals surface area contributed by atoms with Crippen molar-refractivity contribution in [2.75, 3.05) is 39.6 Å². The van der Waals surface area contributed by atoms with E-state index in [1.807, 2.05) is 52.0 Å². The quantitative estimate of drug-likeness (QED) is 0.109. The molecule has 0 aromatic rings. The smallest absolute Gasteiger partial charge is 0.306 e. The van der Waals surface area contributed by atoms with Crippen LogP contribution in [0.3, 0.4) is 0 Å². The Morgan fingerprint density at radius 2 is 1.38 bits per heavy atom. The van der Waals surface area contributed by atoms with E-state index < -0.39 is 48.0 Å². The van der Waals surface area contributed by atoms with Gasteiger partial charge in [-0.1, -0.05) is 24.8 Å². The Hall–Kier alpha value is -5.80. The first-order chi connectivity index (χ1) is 27.8. The van der Waals surface area contributed by atoms with E-state index in [1.165, 1.54) is 0 Å². The Kier molecular flexibility index (Phi) is 12.5. The van der Waals surface area contributed by atoms with E-state index in [-0.39, 0.29) is 57.7 Å². The number of aliphatic imine (C=N–C) groups is 3. The summed E-state index contributed by atoms with van der Waals surface area (Å²) in [5, 5.41) is 53.0. The van der Waals surface area contributed by atoms with Crippen LogP contribution >= 0.6 is 0 Å². The number of fused-ring (bicyclic) bond motifs is 7. The van der Waals surface area contributed by atoms with Crippen LogP contribution in [0.4, 0.5) is 0 Å². The summed E-state index contributed by atoms with van der Waals surface area (Å²) in [6.45, 7) is 9.22. The molecule has 58 heavy (non-hydrogen) atoms. The number of carbonyl (C=O) groups excluding carboxylic acids is 3. The van der Waals surface area contributed by atoms with Crippen LogP contribution in [0.25, 0.3) is 0 Å². The Morgan fingerprint density at radius 3 is 2.00 bits per heavy atom. The van der Waals surface area contributed by atoms with E-state index >= 15 is 0 Å². The van der Waals surface area contributed by atoms with Crippen molar-refractivity contribution in [2.45, 2.75) is 53.4 Å². The number of allylic oxidation sites excluding steroid dienone is 15. The molecule has 1 aliphatic carbocycles. The van der Waals surface area contributed by atoms with Crippen LogP contribution in [0.1, 0.15) is 53.4 Å². The molecule has 0 fully saturated rings. The lowest BCUT2D eigenvalue weighted by molar-refractivity contribution is -0.145. The number of ether oxygens (including phenoxy) is 2. The van der Waals surface area contributed by atoms with Gasteiger partial charge in [0.2, 0.25) is 0 Å². The number of nitrogens with one attached hydrogen (secondary N) is 1. The Bertz CT molecular complexity index is 2280. The van der Waals surface area contributed by atoms with Gasteiger partial charge >= 0.3 is 11.9 Å². The fourth-order valence-corrected chi connectivity index (χ4v) is 8.13. The molecular weight excluding hydrogens is 745 g/mol. The average Bonchev–Trinajstić information content (AvgIpc) is 3.87. The van der Waals surface area contributed by atoms with E-state index in [1.54, 1.807) is 18.2 Å². The van der Waals surface area contributed by atoms with Crippen molar-refractivity contribution in [2.24, 2.45) is 26.3 Å². The van der Waals surface area contributed by atoms with Crippen LogP contribution in [0.15, 0.2) is 143 Å². The molecule has 0 amide bonds. The van der Waals surface area contributed by atoms with Gasteiger partial charge in [-0.2, -0.15) is 0 Å². The monoisotopic (exact) mass is 792 g/mol. The highest BCUT2D eigenvalue weighted by molar-refractivity contribution is 6.18. The molecule has 0 saturated heterocycles. The minimum absolute atomic E-state index is 0.0128. The van der Waals surface area contributed by atoms with Gasteiger partial charge in [0.15, 0.2) is 5.78 Å². The lowest BCUT2D eigenvalue weighted by atomic mass is 9.62. The lowest BCUT2D eigenvalue weighted by Gasteiger charge is -2.39. The van der Waals surface area contributed by atoms with E-state index in [2.05, 4.69) is 11.9 Å². The predicted octanol–water partition coefficient (Wildman–Crippen LogP) is 4.08. The summed E-state index contributed by atoms with van der Waals surface area (Å²) in [4.78, 5) is 54.2. The predicted molar refractivity (Wildman–Crippen MR) is 217 cm³/mol. The maximum atomic E-state index is 13.7. The van der Waals surface area contributed by atoms with E-state index in [9.17, 15) is 39.9 Å². The van der Waals surface area contributed by atoms with Crippen molar-refractivity contribution in [3.63, 3.8) is 0 Å². The third-order valence-electron chi connectivity index (χ3n) is 11.2. The molecule has 304 valence electrons. The maximum absolute atomic E-state index is 13.7. The fraction of sp³-hybridized carbons (Fsp3) is 0.364. The third kappa shape index (κ3) is 7.75. The second-order valence-electron chi connectivity index (χ2n) is 14.6. The van der Waals surface area contributed by atoms with Crippen molar-refractivity contribution in [1.82, 2.24) is 5.32 Å². The molecule has 0 saturated carbocycles. The Balaban J connectivity index is 1.61. The number of esters is 2. The highest BCUT2D eigenvalue weighted by Gasteiger charge is 2.52. The first-order valence-electron chi connectivity index (χ1n) is 19.1. The topological polar surface area (TPSA) is 220 Å². The molecule has 0 unspecified atom stereocenters. The highest BCUT2D eigenvalue weighted by atomic mass is 16.5. The zero-order valence-electron chi connectivity index (χ0n) is 33.0. The number of carbonyl (C=O) groups is 3. The first kappa shape index (κ1) is 41.8. The summed E-state index contributed by atoms with van der Waals surface area (Å²) in [6.07, 6.45) is 12.9. The Labute approximate surface area is 336 Å². The number of Topliss-reactive ketones (excluding diaryl/α,β-unsaturated/α-hetero) is 1. The molecule has 6 N–H and O–H groups in total. The van der Waals surface area contributed by atoms with Crippen LogP contribution in [0.5, 0.6) is 0 Å². The zero-order valence-corrected chi connectivity index (χ0v) is 33.0. The van der Waals surface area contributed by atoms with Gasteiger partial charge in [0.1, 0.15) is 32.2 Å². The van der Waals surface area contributed by atoms with Gasteiger partial charge in [-0.15, -0.1) is 0 Å². The van der Waals surface area contributed by atoms with Crippen LogP contribution in [0.2, 0.25) is 0 Å². The number of hydrogen-bond acceptors (Lipinski definition) is 14. The van der Waals surface area contributed by atoms with Crippen molar-refractivity contribution >= 4 is 34.9 Å². The number of nitrogens with zero attached hydrogens (tertiary/aromatic N) is 3. The number of hydrogen-bond donors (Lipinski definition) is 6. The molecule has 5 heterocycles. The minimum atomic E-state index is -1.20. The standard InChI is InChI=1S/C44H48N4O10/c1-6-26-23(2)32-18-37-30-10-7-29(38(53)21-51)43(39(54)22-52)44(30,5)40(48-37)20-33-25(4)28(9-12-42(56)58-16-14-50)36(47-33)19-35-27(8-11-41(55)57-15-13-49)24(3)31(46-35)17-34(26)45-32/h6-7,10,17-20,43,48-53H,1,8-9,11-16,21-22H2,2-5H3/t43-,44+/m0/s1. The van der Waals surface area contributed by atoms with Gasteiger partial charge in [0.05, 0.1) is 53.4 Å². The normalized spacial score (nSPS) is 23.1. The zero-order chi connectivity index (χ0) is 41.9. The van der Waals surface area contributed by atoms with E-state index in [0.717, 1.165) is 33.4 Å². The number of aliphatic hydroxyl groups excluding tert-OH is 5. The van der Waals surface area contributed by atoms with E-state index in [0.29, 0.717) is 51.2 Å². The minimum Gasteiger partial charge on any atom is -0.510 e. The van der Waals surface area contributed by atoms with Gasteiger partial charge < -0.3 is 40.3 Å². The van der Waals surface area contributed by atoms with Crippen molar-refractivity contribution in [1.29, 1.82) is 0 Å². The fourth-order valence-electron chi connectivity index (χ4n) is 8.13. The van der Waals surface area contributed by atoms with Gasteiger partial charge in [-0.3, -0.25) is 14.4 Å². The van der Waals surface area contributed by atoms with Crippen LogP contribution in [0, 0.1) is 11.3 Å². The summed E-state index contributed by atoms with van der Waals surface area (Å²) in [5.41, 5.74) is 8.81. The molecule has 14 nitrogen and oxygen atoms in total. The van der Waals surface area contributed by atoms with Crippen molar-refractivity contribution in [3.8, 4) is 0 Å². The number of aliphatic hydroxyl groups is 5. The average molecular weight is 793 g/mol. The molecule has 6 rings (SSSR count). The summed E-state index contributed by atoms with van der Waals surface area (Å²) < 4.78 is 10.3. The first-order valence-corrected chi connectivity index (χ1v) is 19.1. The van der Waals surface area contributed by atoms with Gasteiger partial charge in [0.25, 0.3) is 0 Å². The summed E-state index contributed by atoms with van der Waals surface area (Å²) in [5.74, 6) is -3.06. The van der Waals surface area contributed by atoms with Crippen molar-refractivity contribution in [3.05, 3.63) is 128 Å². The second kappa shape index (κ2) is 17.4. The van der Waals surface area contributed by atoms with Gasteiger partial charge in [-0.25, -0.2) is 15.0 Å². The maximum Gasteiger partial charge on any atom is 0.306 e. The SMILES string of the molecule is C=CC1=C(C)C2=CC3=C4C=CC(=C(O)CO)[C@@H](C(=O)CO)[C@@]4(C)C(=CC4=NC(=CC5=NC(=CC1=N2)C(C)=C5CCC(=O)OCCO)C(CCC(=O)OCCO)=C4C)N3. The molecule has 0 radical (unpaired) electrons. The molecule has 14 heteroatoms. The molecular formula is C44H48N4O10. The van der Waals surface area contributed by atoms with Crippen molar-refractivity contribution < 1.29 is 49.4 Å². The molecule has 0 spiro atoms. The number of ketones is 1. The summed E-state index contributed by atoms with van der Waals surface area (Å²) in [6, 6.07) is 0. The molecule has 6 aliphatic rings. The summed E-state index contributed by atoms with van der Waals surface area (Å²) in [7, 11) is 0. The molecule has 5 aliphatic heterocycles. The molecule has 8 bridgehead atoms. The molecule has 2 atom stereocenters. The lowest BCUT2D eigenvalue weighted by Crippen LogP contribution is -2.41. The second-order valence-corrected chi connectivity index (χ2v) is 14.6. The Morgan fingerprint density at radius 1 is 0.776 bits per heavy atom. The van der Waals surface area contributed by atoms with Gasteiger partial charge in [-0.05, 0) is 98.3 Å². The third-order valence-corrected chi connectivity index (χ3v) is 11.2. The van der Waals surface area contributed by atoms with E-state index in [4.69, 9.17) is 24.5 Å². The number of rotatable bonds is 14.